The van der Waals surface area contributed by atoms with Crippen molar-refractivity contribution < 1.29 is 0 Å². The first kappa shape index (κ1) is 13.4. The molecule has 0 aliphatic rings. The zero-order valence-electron chi connectivity index (χ0n) is 13.5. The van der Waals surface area contributed by atoms with Crippen LogP contribution in [0.1, 0.15) is 5.56 Å². The van der Waals surface area contributed by atoms with Crippen molar-refractivity contribution in [2.75, 3.05) is 0 Å². The van der Waals surface area contributed by atoms with E-state index in [0.29, 0.717) is 0 Å². The lowest BCUT2D eigenvalue weighted by Crippen LogP contribution is -1.88. The van der Waals surface area contributed by atoms with Crippen LogP contribution in [0, 0.1) is 6.92 Å². The molecule has 114 valence electrons. The Morgan fingerprint density at radius 2 is 1.42 bits per heavy atom. The number of aromatic nitrogens is 1. The molecule has 0 saturated heterocycles. The molecule has 5 rings (SSSR count). The van der Waals surface area contributed by atoms with Gasteiger partial charge in [0, 0.05) is 17.3 Å². The maximum absolute atomic E-state index is 2.32. The lowest BCUT2D eigenvalue weighted by molar-refractivity contribution is 1.20. The average Bonchev–Trinajstić information content (AvgIpc) is 2.96. The van der Waals surface area contributed by atoms with Crippen LogP contribution in [0.4, 0.5) is 0 Å². The summed E-state index contributed by atoms with van der Waals surface area (Å²) in [5, 5.41) is 5.17. The highest BCUT2D eigenvalue weighted by molar-refractivity contribution is 6.04. The second-order valence-electron chi connectivity index (χ2n) is 6.39. The Labute approximate surface area is 140 Å². The van der Waals surface area contributed by atoms with Gasteiger partial charge in [-0.1, -0.05) is 48.5 Å². The summed E-state index contributed by atoms with van der Waals surface area (Å²) >= 11 is 0. The van der Waals surface area contributed by atoms with Crippen molar-refractivity contribution in [2.45, 2.75) is 6.92 Å². The molecular formula is C23H17N. The van der Waals surface area contributed by atoms with E-state index in [2.05, 4.69) is 96.4 Å². The molecule has 2 aromatic heterocycles. The van der Waals surface area contributed by atoms with Crippen molar-refractivity contribution in [2.24, 2.45) is 0 Å². The van der Waals surface area contributed by atoms with Crippen LogP contribution < -0.4 is 0 Å². The van der Waals surface area contributed by atoms with Crippen molar-refractivity contribution in [3.05, 3.63) is 90.6 Å². The molecule has 0 saturated carbocycles. The highest BCUT2D eigenvalue weighted by Crippen LogP contribution is 2.33. The van der Waals surface area contributed by atoms with Gasteiger partial charge in [0.15, 0.2) is 0 Å². The fourth-order valence-corrected chi connectivity index (χ4v) is 3.72. The molecule has 0 aliphatic carbocycles. The average molecular weight is 307 g/mol. The monoisotopic (exact) mass is 307 g/mol. The summed E-state index contributed by atoms with van der Waals surface area (Å²) in [6, 6.07) is 28.4. The highest BCUT2D eigenvalue weighted by atomic mass is 14.9. The SMILES string of the molecule is Cc1cc(-c2cccc3cc4ccccc4cc23)n2ccccc12. The van der Waals surface area contributed by atoms with Gasteiger partial charge in [-0.05, 0) is 64.4 Å². The van der Waals surface area contributed by atoms with E-state index in [0.717, 1.165) is 0 Å². The Kier molecular flexibility index (Phi) is 2.77. The summed E-state index contributed by atoms with van der Waals surface area (Å²) in [5.41, 5.74) is 5.12. The number of hydrogen-bond donors (Lipinski definition) is 0. The number of rotatable bonds is 1. The van der Waals surface area contributed by atoms with E-state index in [1.165, 1.54) is 43.9 Å². The van der Waals surface area contributed by atoms with Gasteiger partial charge in [-0.2, -0.15) is 0 Å². The van der Waals surface area contributed by atoms with Gasteiger partial charge >= 0.3 is 0 Å². The molecule has 0 bridgehead atoms. The second kappa shape index (κ2) is 4.97. The van der Waals surface area contributed by atoms with Crippen molar-refractivity contribution in [3.8, 4) is 11.3 Å². The zero-order chi connectivity index (χ0) is 16.1. The Bertz CT molecular complexity index is 1210. The quantitative estimate of drug-likeness (QED) is 0.324. The summed E-state index contributed by atoms with van der Waals surface area (Å²) in [6.07, 6.45) is 2.15. The van der Waals surface area contributed by atoms with Crippen LogP contribution in [0.2, 0.25) is 0 Å². The van der Waals surface area contributed by atoms with Gasteiger partial charge in [-0.3, -0.25) is 0 Å². The van der Waals surface area contributed by atoms with Gasteiger partial charge in [0.1, 0.15) is 0 Å². The molecule has 1 heteroatoms. The van der Waals surface area contributed by atoms with Crippen LogP contribution in [0.15, 0.2) is 85.1 Å². The van der Waals surface area contributed by atoms with E-state index in [1.807, 2.05) is 0 Å². The minimum Gasteiger partial charge on any atom is -0.316 e. The van der Waals surface area contributed by atoms with Crippen LogP contribution in [0.3, 0.4) is 0 Å². The van der Waals surface area contributed by atoms with Crippen LogP contribution >= 0.6 is 0 Å². The topological polar surface area (TPSA) is 4.41 Å². The van der Waals surface area contributed by atoms with Crippen molar-refractivity contribution in [1.82, 2.24) is 4.40 Å². The van der Waals surface area contributed by atoms with E-state index in [1.54, 1.807) is 0 Å². The molecule has 0 aliphatic heterocycles. The maximum atomic E-state index is 2.32. The summed E-state index contributed by atoms with van der Waals surface area (Å²) in [4.78, 5) is 0. The molecule has 1 nitrogen and oxygen atoms in total. The molecule has 0 spiro atoms. The summed E-state index contributed by atoms with van der Waals surface area (Å²) < 4.78 is 2.29. The first-order chi connectivity index (χ1) is 11.8. The van der Waals surface area contributed by atoms with E-state index < -0.39 is 0 Å². The molecule has 3 aromatic carbocycles. The number of nitrogens with zero attached hydrogens (tertiary/aromatic N) is 1. The Balaban J connectivity index is 1.90. The Morgan fingerprint density at radius 3 is 2.29 bits per heavy atom. The number of fused-ring (bicyclic) bond motifs is 3. The van der Waals surface area contributed by atoms with Crippen molar-refractivity contribution >= 4 is 27.1 Å². The van der Waals surface area contributed by atoms with Gasteiger partial charge in [-0.15, -0.1) is 0 Å². The predicted octanol–water partition coefficient (Wildman–Crippen LogP) is 6.22. The number of hydrogen-bond acceptors (Lipinski definition) is 0. The van der Waals surface area contributed by atoms with E-state index in [-0.39, 0.29) is 0 Å². The number of aryl methyl sites for hydroxylation is 1. The van der Waals surface area contributed by atoms with Crippen molar-refractivity contribution in [1.29, 1.82) is 0 Å². The molecule has 0 unspecified atom stereocenters. The van der Waals surface area contributed by atoms with E-state index in [9.17, 15) is 0 Å². The number of benzene rings is 3. The first-order valence-corrected chi connectivity index (χ1v) is 8.30. The standard InChI is InChI=1S/C23H17N/c1-16-13-23(24-12-5-4-11-22(16)24)20-10-6-9-19-14-17-7-2-3-8-18(17)15-21(19)20/h2-15H,1H3. The lowest BCUT2D eigenvalue weighted by Gasteiger charge is -2.09. The molecule has 0 fully saturated rings. The molecule has 0 N–H and O–H groups in total. The number of pyridine rings is 1. The minimum atomic E-state index is 1.25. The van der Waals surface area contributed by atoms with E-state index >= 15 is 0 Å². The van der Waals surface area contributed by atoms with Gasteiger partial charge in [-0.25, -0.2) is 0 Å². The molecule has 2 heterocycles. The third-order valence-corrected chi connectivity index (χ3v) is 4.90. The Morgan fingerprint density at radius 1 is 0.667 bits per heavy atom. The van der Waals surface area contributed by atoms with Gasteiger partial charge in [0.2, 0.25) is 0 Å². The lowest BCUT2D eigenvalue weighted by atomic mass is 9.98. The molecule has 5 aromatic rings. The molecule has 0 radical (unpaired) electrons. The highest BCUT2D eigenvalue weighted by Gasteiger charge is 2.11. The van der Waals surface area contributed by atoms with Crippen LogP contribution in [-0.2, 0) is 0 Å². The first-order valence-electron chi connectivity index (χ1n) is 8.30. The second-order valence-corrected chi connectivity index (χ2v) is 6.39. The van der Waals surface area contributed by atoms with Crippen LogP contribution in [-0.4, -0.2) is 4.40 Å². The normalized spacial score (nSPS) is 11.5. The fourth-order valence-electron chi connectivity index (χ4n) is 3.72. The van der Waals surface area contributed by atoms with Crippen LogP contribution in [0.25, 0.3) is 38.3 Å². The Hall–Kier alpha value is -3.06. The molecule has 24 heavy (non-hydrogen) atoms. The van der Waals surface area contributed by atoms with E-state index in [4.69, 9.17) is 0 Å². The summed E-state index contributed by atoms with van der Waals surface area (Å²) in [5.74, 6) is 0. The predicted molar refractivity (Wildman–Crippen MR) is 103 cm³/mol. The van der Waals surface area contributed by atoms with Gasteiger partial charge in [0.05, 0.1) is 5.69 Å². The largest absolute Gasteiger partial charge is 0.316 e. The molecule has 0 amide bonds. The van der Waals surface area contributed by atoms with Gasteiger partial charge < -0.3 is 4.40 Å². The van der Waals surface area contributed by atoms with Gasteiger partial charge in [0.25, 0.3) is 0 Å². The molecule has 0 atom stereocenters. The summed E-state index contributed by atoms with van der Waals surface area (Å²) in [6.45, 7) is 2.18. The minimum absolute atomic E-state index is 1.25. The molecular weight excluding hydrogens is 290 g/mol. The van der Waals surface area contributed by atoms with Crippen LogP contribution in [0.5, 0.6) is 0 Å². The zero-order valence-corrected chi connectivity index (χ0v) is 13.5. The third kappa shape index (κ3) is 1.88. The summed E-state index contributed by atoms with van der Waals surface area (Å²) in [7, 11) is 0. The third-order valence-electron chi connectivity index (χ3n) is 4.90. The van der Waals surface area contributed by atoms with Crippen molar-refractivity contribution in [3.63, 3.8) is 0 Å². The maximum Gasteiger partial charge on any atom is 0.0537 e. The smallest absolute Gasteiger partial charge is 0.0537 e. The fraction of sp³-hybridized carbons (Fsp3) is 0.0435.